The molecule has 0 aliphatic carbocycles. The van der Waals surface area contributed by atoms with Crippen molar-refractivity contribution in [2.75, 3.05) is 5.32 Å². The Morgan fingerprint density at radius 2 is 1.88 bits per heavy atom. The molecule has 0 fully saturated rings. The predicted molar refractivity (Wildman–Crippen MR) is 102 cm³/mol. The van der Waals surface area contributed by atoms with E-state index >= 15 is 0 Å². The number of aromatic nitrogens is 1. The van der Waals surface area contributed by atoms with E-state index in [4.69, 9.17) is 11.6 Å². The van der Waals surface area contributed by atoms with Gasteiger partial charge in [0.25, 0.3) is 5.91 Å². The third kappa shape index (κ3) is 2.94. The van der Waals surface area contributed by atoms with Crippen LogP contribution in [-0.2, 0) is 0 Å². The number of rotatable bonds is 3. The summed E-state index contributed by atoms with van der Waals surface area (Å²) in [7, 11) is 0. The minimum absolute atomic E-state index is 0.189. The van der Waals surface area contributed by atoms with Crippen molar-refractivity contribution in [1.29, 1.82) is 0 Å². The van der Waals surface area contributed by atoms with Gasteiger partial charge in [0.1, 0.15) is 0 Å². The number of thiophene rings is 1. The molecular weight excluding hydrogens is 360 g/mol. The summed E-state index contributed by atoms with van der Waals surface area (Å²) in [5, 5.41) is 7.68. The lowest BCUT2D eigenvalue weighted by molar-refractivity contribution is 0.103. The highest BCUT2D eigenvalue weighted by molar-refractivity contribution is 7.18. The molecule has 0 saturated heterocycles. The first-order chi connectivity index (χ1) is 11.7. The van der Waals surface area contributed by atoms with Crippen LogP contribution in [0.2, 0.25) is 4.34 Å². The zero-order valence-corrected chi connectivity index (χ0v) is 14.7. The van der Waals surface area contributed by atoms with E-state index < -0.39 is 0 Å². The molecule has 0 bridgehead atoms. The number of amides is 1. The first-order valence-corrected chi connectivity index (χ1v) is 9.28. The van der Waals surface area contributed by atoms with Crippen molar-refractivity contribution >= 4 is 56.1 Å². The molecular formula is C18H11ClN2OS2. The van der Waals surface area contributed by atoms with E-state index in [2.05, 4.69) is 28.5 Å². The second kappa shape index (κ2) is 6.36. The SMILES string of the molecule is O=C(Nc1nc(-c2cccc3ccccc23)cs1)c1ccc(Cl)s1. The lowest BCUT2D eigenvalue weighted by atomic mass is 10.0. The van der Waals surface area contributed by atoms with Gasteiger partial charge in [-0.2, -0.15) is 0 Å². The number of halogens is 1. The number of carbonyl (C=O) groups excluding carboxylic acids is 1. The molecule has 2 aromatic heterocycles. The Morgan fingerprint density at radius 3 is 2.71 bits per heavy atom. The van der Waals surface area contributed by atoms with Crippen molar-refractivity contribution < 1.29 is 4.79 Å². The average molecular weight is 371 g/mol. The number of nitrogens with zero attached hydrogens (tertiary/aromatic N) is 1. The normalized spacial score (nSPS) is 10.9. The summed E-state index contributed by atoms with van der Waals surface area (Å²) in [6.45, 7) is 0. The number of thiazole rings is 1. The number of hydrogen-bond acceptors (Lipinski definition) is 4. The maximum absolute atomic E-state index is 12.2. The van der Waals surface area contributed by atoms with Crippen molar-refractivity contribution in [3.05, 3.63) is 69.2 Å². The fourth-order valence-electron chi connectivity index (χ4n) is 2.50. The van der Waals surface area contributed by atoms with E-state index in [1.165, 1.54) is 28.1 Å². The molecule has 1 N–H and O–H groups in total. The lowest BCUT2D eigenvalue weighted by Crippen LogP contribution is -2.09. The predicted octanol–water partition coefficient (Wildman–Crippen LogP) is 5.93. The summed E-state index contributed by atoms with van der Waals surface area (Å²) in [6.07, 6.45) is 0. The first kappa shape index (κ1) is 15.3. The topological polar surface area (TPSA) is 42.0 Å². The van der Waals surface area contributed by atoms with Crippen LogP contribution in [-0.4, -0.2) is 10.9 Å². The summed E-state index contributed by atoms with van der Waals surface area (Å²) in [6, 6.07) is 17.8. The third-order valence-electron chi connectivity index (χ3n) is 3.59. The van der Waals surface area contributed by atoms with Crippen molar-refractivity contribution in [2.45, 2.75) is 0 Å². The van der Waals surface area contributed by atoms with Crippen LogP contribution in [0.25, 0.3) is 22.0 Å². The highest BCUT2D eigenvalue weighted by atomic mass is 35.5. The average Bonchev–Trinajstić information content (AvgIpc) is 3.23. The Bertz CT molecular complexity index is 1030. The Labute approximate surface area is 151 Å². The van der Waals surface area contributed by atoms with E-state index in [1.807, 2.05) is 29.6 Å². The van der Waals surface area contributed by atoms with Crippen LogP contribution in [0.5, 0.6) is 0 Å². The highest BCUT2D eigenvalue weighted by Gasteiger charge is 2.13. The van der Waals surface area contributed by atoms with Crippen LogP contribution in [0.1, 0.15) is 9.67 Å². The molecule has 3 nitrogen and oxygen atoms in total. The van der Waals surface area contributed by atoms with Gasteiger partial charge in [0, 0.05) is 10.9 Å². The second-order valence-corrected chi connectivity index (χ2v) is 7.70. The van der Waals surface area contributed by atoms with Gasteiger partial charge in [-0.15, -0.1) is 22.7 Å². The van der Waals surface area contributed by atoms with Crippen molar-refractivity contribution in [3.8, 4) is 11.3 Å². The number of nitrogens with one attached hydrogen (secondary N) is 1. The molecule has 118 valence electrons. The third-order valence-corrected chi connectivity index (χ3v) is 5.57. The fraction of sp³-hybridized carbons (Fsp3) is 0. The van der Waals surface area contributed by atoms with Gasteiger partial charge in [0.05, 0.1) is 14.9 Å². The number of hydrogen-bond donors (Lipinski definition) is 1. The molecule has 0 aliphatic heterocycles. The lowest BCUT2D eigenvalue weighted by Gasteiger charge is -2.03. The number of anilines is 1. The van der Waals surface area contributed by atoms with Gasteiger partial charge in [-0.1, -0.05) is 54.1 Å². The Balaban J connectivity index is 1.64. The molecule has 0 saturated carbocycles. The summed E-state index contributed by atoms with van der Waals surface area (Å²) in [5.41, 5.74) is 1.92. The minimum Gasteiger partial charge on any atom is -0.297 e. The molecule has 4 aromatic rings. The van der Waals surface area contributed by atoms with E-state index in [1.54, 1.807) is 12.1 Å². The first-order valence-electron chi connectivity index (χ1n) is 7.21. The molecule has 0 aliphatic rings. The van der Waals surface area contributed by atoms with Crippen LogP contribution >= 0.6 is 34.3 Å². The summed E-state index contributed by atoms with van der Waals surface area (Å²) >= 11 is 8.53. The van der Waals surface area contributed by atoms with Crippen LogP contribution in [0.15, 0.2) is 60.0 Å². The van der Waals surface area contributed by atoms with Gasteiger partial charge in [0.15, 0.2) is 5.13 Å². The van der Waals surface area contributed by atoms with Crippen LogP contribution < -0.4 is 5.32 Å². The standard InChI is InChI=1S/C18H11ClN2OS2/c19-16-9-8-15(24-16)17(22)21-18-20-14(10-23-18)13-7-3-5-11-4-1-2-6-12(11)13/h1-10H,(H,20,21,22). The van der Waals surface area contributed by atoms with Gasteiger partial charge in [-0.25, -0.2) is 4.98 Å². The smallest absolute Gasteiger partial charge is 0.267 e. The van der Waals surface area contributed by atoms with Gasteiger partial charge < -0.3 is 0 Å². The highest BCUT2D eigenvalue weighted by Crippen LogP contribution is 2.31. The number of carbonyl (C=O) groups is 1. The van der Waals surface area contributed by atoms with E-state index in [0.29, 0.717) is 14.3 Å². The largest absolute Gasteiger partial charge is 0.297 e. The molecule has 0 radical (unpaired) electrons. The van der Waals surface area contributed by atoms with E-state index in [9.17, 15) is 4.79 Å². The second-order valence-electron chi connectivity index (χ2n) is 5.12. The fourth-order valence-corrected chi connectivity index (χ4v) is 4.14. The summed E-state index contributed by atoms with van der Waals surface area (Å²) in [4.78, 5) is 17.3. The van der Waals surface area contributed by atoms with Crippen LogP contribution in [0.4, 0.5) is 5.13 Å². The molecule has 0 atom stereocenters. The molecule has 6 heteroatoms. The molecule has 2 heterocycles. The van der Waals surface area contributed by atoms with E-state index in [0.717, 1.165) is 16.6 Å². The van der Waals surface area contributed by atoms with E-state index in [-0.39, 0.29) is 5.91 Å². The molecule has 1 amide bonds. The van der Waals surface area contributed by atoms with Crippen LogP contribution in [0, 0.1) is 0 Å². The van der Waals surface area contributed by atoms with Crippen molar-refractivity contribution in [2.24, 2.45) is 0 Å². The monoisotopic (exact) mass is 370 g/mol. The summed E-state index contributed by atoms with van der Waals surface area (Å²) < 4.78 is 0.593. The minimum atomic E-state index is -0.189. The quantitative estimate of drug-likeness (QED) is 0.485. The number of benzene rings is 2. The zero-order chi connectivity index (χ0) is 16.5. The number of fused-ring (bicyclic) bond motifs is 1. The molecule has 0 unspecified atom stereocenters. The van der Waals surface area contributed by atoms with Gasteiger partial charge in [0.2, 0.25) is 0 Å². The Hall–Kier alpha value is -2.21. The van der Waals surface area contributed by atoms with Gasteiger partial charge >= 0.3 is 0 Å². The van der Waals surface area contributed by atoms with Gasteiger partial charge in [-0.3, -0.25) is 10.1 Å². The summed E-state index contributed by atoms with van der Waals surface area (Å²) in [5.74, 6) is -0.189. The molecule has 24 heavy (non-hydrogen) atoms. The maximum Gasteiger partial charge on any atom is 0.267 e. The Kier molecular flexibility index (Phi) is 4.06. The zero-order valence-electron chi connectivity index (χ0n) is 12.3. The maximum atomic E-state index is 12.2. The van der Waals surface area contributed by atoms with Gasteiger partial charge in [-0.05, 0) is 22.9 Å². The van der Waals surface area contributed by atoms with Crippen LogP contribution in [0.3, 0.4) is 0 Å². The molecule has 2 aromatic carbocycles. The van der Waals surface area contributed by atoms with Crippen molar-refractivity contribution in [1.82, 2.24) is 4.98 Å². The molecule has 4 rings (SSSR count). The molecule has 0 spiro atoms. The van der Waals surface area contributed by atoms with Crippen molar-refractivity contribution in [3.63, 3.8) is 0 Å². The Morgan fingerprint density at radius 1 is 1.04 bits per heavy atom.